The van der Waals surface area contributed by atoms with Gasteiger partial charge in [-0.15, -0.1) is 0 Å². The number of carboxylic acids is 1. The smallest absolute Gasteiger partial charge is 0.356 e. The van der Waals surface area contributed by atoms with E-state index in [-0.39, 0.29) is 22.0 Å². The Bertz CT molecular complexity index is 1310. The van der Waals surface area contributed by atoms with Crippen molar-refractivity contribution in [3.63, 3.8) is 0 Å². The molecule has 3 heterocycles. The van der Waals surface area contributed by atoms with Crippen LogP contribution in [0.2, 0.25) is 0 Å². The zero-order valence-corrected chi connectivity index (χ0v) is 16.5. The Balaban J connectivity index is 1.90. The molecule has 0 saturated carbocycles. The molecule has 152 valence electrons. The number of ether oxygens (including phenoxy) is 1. The summed E-state index contributed by atoms with van der Waals surface area (Å²) in [5.74, 6) is -0.860. The van der Waals surface area contributed by atoms with Crippen molar-refractivity contribution in [3.05, 3.63) is 78.8 Å². The van der Waals surface area contributed by atoms with Crippen molar-refractivity contribution in [1.82, 2.24) is 18.7 Å². The average molecular weight is 424 g/mol. The second-order valence-corrected chi connectivity index (χ2v) is 8.01. The van der Waals surface area contributed by atoms with Crippen LogP contribution in [0.3, 0.4) is 0 Å². The third-order valence-corrected chi connectivity index (χ3v) is 6.08. The molecule has 0 fully saturated rings. The van der Waals surface area contributed by atoms with Crippen LogP contribution in [0.4, 0.5) is 0 Å². The average Bonchev–Trinajstić information content (AvgIpc) is 3.42. The van der Waals surface area contributed by atoms with E-state index in [9.17, 15) is 18.3 Å². The van der Waals surface area contributed by atoms with E-state index >= 15 is 0 Å². The van der Waals surface area contributed by atoms with Crippen molar-refractivity contribution in [2.45, 2.75) is 4.90 Å². The molecule has 9 nitrogen and oxygen atoms in total. The molecule has 4 aromatic rings. The van der Waals surface area contributed by atoms with Gasteiger partial charge in [0, 0.05) is 18.3 Å². The highest BCUT2D eigenvalue weighted by molar-refractivity contribution is 7.90. The fourth-order valence-electron chi connectivity index (χ4n) is 2.96. The number of rotatable bonds is 6. The maximum Gasteiger partial charge on any atom is 0.356 e. The van der Waals surface area contributed by atoms with Crippen molar-refractivity contribution in [1.29, 1.82) is 0 Å². The highest BCUT2D eigenvalue weighted by atomic mass is 32.2. The lowest BCUT2D eigenvalue weighted by Gasteiger charge is -2.12. The molecular weight excluding hydrogens is 408 g/mol. The SMILES string of the molecule is COc1ccc(-n2nc(C(=O)O)cc2-c2cccn2S(=O)(=O)c2ccccc2)cn1. The number of aromatic carboxylic acids is 1. The number of aromatic nitrogens is 4. The summed E-state index contributed by atoms with van der Waals surface area (Å²) in [5, 5.41) is 13.5. The molecule has 0 spiro atoms. The first-order valence-corrected chi connectivity index (χ1v) is 10.2. The number of hydrogen-bond acceptors (Lipinski definition) is 6. The molecule has 0 bridgehead atoms. The van der Waals surface area contributed by atoms with Crippen LogP contribution >= 0.6 is 0 Å². The predicted octanol–water partition coefficient (Wildman–Crippen LogP) is 2.68. The third kappa shape index (κ3) is 3.33. The van der Waals surface area contributed by atoms with E-state index < -0.39 is 16.0 Å². The van der Waals surface area contributed by atoms with Gasteiger partial charge in [0.05, 0.1) is 35.3 Å². The molecule has 0 saturated heterocycles. The monoisotopic (exact) mass is 424 g/mol. The molecule has 30 heavy (non-hydrogen) atoms. The van der Waals surface area contributed by atoms with Gasteiger partial charge >= 0.3 is 5.97 Å². The molecule has 0 aliphatic carbocycles. The molecule has 0 atom stereocenters. The lowest BCUT2D eigenvalue weighted by Crippen LogP contribution is -2.14. The zero-order chi connectivity index (χ0) is 21.3. The number of benzene rings is 1. The van der Waals surface area contributed by atoms with Crippen LogP contribution in [0.25, 0.3) is 17.1 Å². The van der Waals surface area contributed by atoms with Crippen molar-refractivity contribution < 1.29 is 23.1 Å². The fraction of sp³-hybridized carbons (Fsp3) is 0.0500. The number of nitrogens with zero attached hydrogens (tertiary/aromatic N) is 4. The molecule has 0 aliphatic heterocycles. The minimum atomic E-state index is -3.90. The van der Waals surface area contributed by atoms with Gasteiger partial charge in [0.1, 0.15) is 0 Å². The molecule has 1 aromatic carbocycles. The van der Waals surface area contributed by atoms with E-state index in [1.165, 1.54) is 42.4 Å². The summed E-state index contributed by atoms with van der Waals surface area (Å²) in [6.07, 6.45) is 2.86. The molecule has 0 unspecified atom stereocenters. The molecule has 0 aliphatic rings. The van der Waals surface area contributed by atoms with E-state index in [0.29, 0.717) is 11.6 Å². The Labute approximate surface area is 171 Å². The molecular formula is C20H16N4O5S. The maximum atomic E-state index is 13.1. The summed E-state index contributed by atoms with van der Waals surface area (Å²) in [6, 6.07) is 15.7. The van der Waals surface area contributed by atoms with Crippen LogP contribution in [-0.2, 0) is 10.0 Å². The number of carboxylic acid groups (broad SMARTS) is 1. The lowest BCUT2D eigenvalue weighted by atomic mass is 10.2. The number of methoxy groups -OCH3 is 1. The van der Waals surface area contributed by atoms with Crippen LogP contribution in [0.5, 0.6) is 5.88 Å². The van der Waals surface area contributed by atoms with Gasteiger partial charge in [0.25, 0.3) is 10.0 Å². The Hall–Kier alpha value is -3.92. The zero-order valence-electron chi connectivity index (χ0n) is 15.7. The maximum absolute atomic E-state index is 13.1. The summed E-state index contributed by atoms with van der Waals surface area (Å²) in [7, 11) is -2.43. The van der Waals surface area contributed by atoms with Crippen LogP contribution in [0.1, 0.15) is 10.5 Å². The lowest BCUT2D eigenvalue weighted by molar-refractivity contribution is 0.0690. The van der Waals surface area contributed by atoms with Gasteiger partial charge in [-0.25, -0.2) is 26.9 Å². The largest absolute Gasteiger partial charge is 0.481 e. The van der Waals surface area contributed by atoms with Gasteiger partial charge in [-0.2, -0.15) is 5.10 Å². The van der Waals surface area contributed by atoms with Gasteiger partial charge in [0.2, 0.25) is 5.88 Å². The number of pyridine rings is 1. The summed E-state index contributed by atoms with van der Waals surface area (Å²) in [4.78, 5) is 15.8. The molecule has 1 N–H and O–H groups in total. The van der Waals surface area contributed by atoms with Gasteiger partial charge in [0.15, 0.2) is 5.69 Å². The van der Waals surface area contributed by atoms with Crippen molar-refractivity contribution in [3.8, 4) is 23.0 Å². The standard InChI is InChI=1S/C20H16N4O5S/c1-29-19-10-9-14(13-21-19)24-18(12-16(22-24)20(25)26)17-8-5-11-23(17)30(27,28)15-6-3-2-4-7-15/h2-13H,1H3,(H,25,26). The highest BCUT2D eigenvalue weighted by Crippen LogP contribution is 2.28. The second-order valence-electron chi connectivity index (χ2n) is 6.20. The first kappa shape index (κ1) is 19.4. The van der Waals surface area contributed by atoms with Gasteiger partial charge in [-0.1, -0.05) is 18.2 Å². The van der Waals surface area contributed by atoms with E-state index in [2.05, 4.69) is 10.1 Å². The minimum absolute atomic E-state index is 0.109. The van der Waals surface area contributed by atoms with Crippen LogP contribution < -0.4 is 4.74 Å². The predicted molar refractivity (Wildman–Crippen MR) is 107 cm³/mol. The summed E-state index contributed by atoms with van der Waals surface area (Å²) in [5.41, 5.74) is 0.757. The highest BCUT2D eigenvalue weighted by Gasteiger charge is 2.24. The molecule has 0 radical (unpaired) electrons. The van der Waals surface area contributed by atoms with Crippen molar-refractivity contribution >= 4 is 16.0 Å². The van der Waals surface area contributed by atoms with Crippen molar-refractivity contribution in [2.24, 2.45) is 0 Å². The fourth-order valence-corrected chi connectivity index (χ4v) is 4.34. The topological polar surface area (TPSA) is 116 Å². The molecule has 4 rings (SSSR count). The van der Waals surface area contributed by atoms with Crippen LogP contribution in [-0.4, -0.2) is 45.3 Å². The minimum Gasteiger partial charge on any atom is -0.481 e. The van der Waals surface area contributed by atoms with Gasteiger partial charge in [-0.05, 0) is 30.3 Å². The number of carbonyl (C=O) groups is 1. The van der Waals surface area contributed by atoms with Crippen LogP contribution in [0, 0.1) is 0 Å². The van der Waals surface area contributed by atoms with E-state index in [1.807, 2.05) is 0 Å². The number of hydrogen-bond donors (Lipinski definition) is 1. The molecule has 10 heteroatoms. The first-order valence-electron chi connectivity index (χ1n) is 8.74. The van der Waals surface area contributed by atoms with E-state index in [1.54, 1.807) is 42.5 Å². The molecule has 0 amide bonds. The second kappa shape index (κ2) is 7.48. The van der Waals surface area contributed by atoms with Gasteiger partial charge in [-0.3, -0.25) is 0 Å². The quantitative estimate of drug-likeness (QED) is 0.506. The van der Waals surface area contributed by atoms with E-state index in [4.69, 9.17) is 4.74 Å². The Morgan fingerprint density at radius 1 is 1.03 bits per heavy atom. The Morgan fingerprint density at radius 2 is 1.80 bits per heavy atom. The molecule has 3 aromatic heterocycles. The van der Waals surface area contributed by atoms with Gasteiger partial charge < -0.3 is 9.84 Å². The summed E-state index contributed by atoms with van der Waals surface area (Å²) < 4.78 is 33.8. The summed E-state index contributed by atoms with van der Waals surface area (Å²) in [6.45, 7) is 0. The Morgan fingerprint density at radius 3 is 2.43 bits per heavy atom. The van der Waals surface area contributed by atoms with E-state index in [0.717, 1.165) is 3.97 Å². The first-order chi connectivity index (χ1) is 14.4. The van der Waals surface area contributed by atoms with Crippen LogP contribution in [0.15, 0.2) is 78.0 Å². The normalized spacial score (nSPS) is 11.4. The summed E-state index contributed by atoms with van der Waals surface area (Å²) >= 11 is 0. The van der Waals surface area contributed by atoms with Crippen molar-refractivity contribution in [2.75, 3.05) is 7.11 Å². The third-order valence-electron chi connectivity index (χ3n) is 4.38. The Kier molecular flexibility index (Phi) is 4.84.